The lowest BCUT2D eigenvalue weighted by Crippen LogP contribution is -2.28. The number of nitrogens with zero attached hydrogens (tertiary/aromatic N) is 1. The van der Waals surface area contributed by atoms with Gasteiger partial charge in [0.15, 0.2) is 0 Å². The largest absolute Gasteiger partial charge is 0.462 e. The Morgan fingerprint density at radius 3 is 2.16 bits per heavy atom. The van der Waals surface area contributed by atoms with Gasteiger partial charge in [0.2, 0.25) is 0 Å². The van der Waals surface area contributed by atoms with Crippen LogP contribution >= 0.6 is 11.8 Å². The average Bonchev–Trinajstić information content (AvgIpc) is 3.17. The fourth-order valence-corrected chi connectivity index (χ4v) is 3.93. The molecule has 1 aliphatic rings. The van der Waals surface area contributed by atoms with E-state index in [-0.39, 0.29) is 11.9 Å². The summed E-state index contributed by atoms with van der Waals surface area (Å²) in [6, 6.07) is 14.9. The van der Waals surface area contributed by atoms with Gasteiger partial charge in [-0.15, -0.1) is 0 Å². The van der Waals surface area contributed by atoms with Gasteiger partial charge in [0.1, 0.15) is 0 Å². The van der Waals surface area contributed by atoms with E-state index in [0.29, 0.717) is 17.7 Å². The van der Waals surface area contributed by atoms with E-state index in [4.69, 9.17) is 4.74 Å². The van der Waals surface area contributed by atoms with E-state index < -0.39 is 0 Å². The molecule has 2 aromatic carbocycles. The standard InChI is InChI=1S/C20H21NO3S/c1-2-24-20(23)16-10-4-6-12-18(16)25-17-11-5-3-9-15(17)19(22)21-13-7-8-14-21/h3-6,9-12H,2,7-8,13-14H2,1H3. The summed E-state index contributed by atoms with van der Waals surface area (Å²) in [5, 5.41) is 0. The number of hydrogen-bond acceptors (Lipinski definition) is 4. The molecule has 0 atom stereocenters. The summed E-state index contributed by atoms with van der Waals surface area (Å²) in [6.07, 6.45) is 2.12. The summed E-state index contributed by atoms with van der Waals surface area (Å²) in [4.78, 5) is 28.5. The van der Waals surface area contributed by atoms with Crippen LogP contribution in [0, 0.1) is 0 Å². The molecule has 2 aromatic rings. The van der Waals surface area contributed by atoms with E-state index in [1.54, 1.807) is 13.0 Å². The summed E-state index contributed by atoms with van der Waals surface area (Å²) in [5.41, 5.74) is 1.21. The van der Waals surface area contributed by atoms with E-state index >= 15 is 0 Å². The molecule has 0 aliphatic carbocycles. The quantitative estimate of drug-likeness (QED) is 0.752. The molecule has 1 amide bonds. The topological polar surface area (TPSA) is 46.6 Å². The minimum absolute atomic E-state index is 0.0641. The molecule has 0 spiro atoms. The Morgan fingerprint density at radius 2 is 1.52 bits per heavy atom. The Bertz CT molecular complexity index is 769. The van der Waals surface area contributed by atoms with Gasteiger partial charge in [-0.1, -0.05) is 36.0 Å². The van der Waals surface area contributed by atoms with Crippen LogP contribution in [0.4, 0.5) is 0 Å². The van der Waals surface area contributed by atoms with Gasteiger partial charge in [-0.2, -0.15) is 0 Å². The number of likely N-dealkylation sites (tertiary alicyclic amines) is 1. The number of carbonyl (C=O) groups excluding carboxylic acids is 2. The van der Waals surface area contributed by atoms with Gasteiger partial charge in [-0.25, -0.2) is 4.79 Å². The zero-order chi connectivity index (χ0) is 17.6. The van der Waals surface area contributed by atoms with E-state index in [2.05, 4.69) is 0 Å². The molecule has 1 fully saturated rings. The number of ether oxygens (including phenoxy) is 1. The van der Waals surface area contributed by atoms with Gasteiger partial charge in [0, 0.05) is 22.9 Å². The third kappa shape index (κ3) is 4.04. The second-order valence-electron chi connectivity index (χ2n) is 5.81. The van der Waals surface area contributed by atoms with Crippen LogP contribution in [0.15, 0.2) is 58.3 Å². The molecule has 3 rings (SSSR count). The lowest BCUT2D eigenvalue weighted by atomic mass is 10.2. The Labute approximate surface area is 152 Å². The molecule has 4 nitrogen and oxygen atoms in total. The first-order valence-corrected chi connectivity index (χ1v) is 9.34. The van der Waals surface area contributed by atoms with Crippen LogP contribution in [0.2, 0.25) is 0 Å². The molecule has 0 unspecified atom stereocenters. The van der Waals surface area contributed by atoms with Crippen molar-refractivity contribution in [2.24, 2.45) is 0 Å². The summed E-state index contributed by atoms with van der Waals surface area (Å²) < 4.78 is 5.14. The van der Waals surface area contributed by atoms with Crippen molar-refractivity contribution in [3.8, 4) is 0 Å². The van der Waals surface area contributed by atoms with Crippen molar-refractivity contribution in [3.05, 3.63) is 59.7 Å². The van der Waals surface area contributed by atoms with Gasteiger partial charge < -0.3 is 9.64 Å². The van der Waals surface area contributed by atoms with Crippen LogP contribution in [-0.4, -0.2) is 36.5 Å². The van der Waals surface area contributed by atoms with Crippen molar-refractivity contribution >= 4 is 23.6 Å². The van der Waals surface area contributed by atoms with Crippen molar-refractivity contribution in [3.63, 3.8) is 0 Å². The maximum absolute atomic E-state index is 12.8. The molecule has 1 heterocycles. The Balaban J connectivity index is 1.89. The molecule has 0 N–H and O–H groups in total. The predicted molar refractivity (Wildman–Crippen MR) is 98.1 cm³/mol. The lowest BCUT2D eigenvalue weighted by Gasteiger charge is -2.17. The molecular weight excluding hydrogens is 334 g/mol. The van der Waals surface area contributed by atoms with Crippen LogP contribution in [-0.2, 0) is 4.74 Å². The maximum atomic E-state index is 12.8. The smallest absolute Gasteiger partial charge is 0.339 e. The van der Waals surface area contributed by atoms with E-state index in [1.807, 2.05) is 47.4 Å². The monoisotopic (exact) mass is 355 g/mol. The molecule has 1 aliphatic heterocycles. The van der Waals surface area contributed by atoms with Crippen LogP contribution in [0.3, 0.4) is 0 Å². The number of rotatable bonds is 5. The average molecular weight is 355 g/mol. The number of esters is 1. The molecule has 5 heteroatoms. The van der Waals surface area contributed by atoms with Crippen molar-refractivity contribution in [2.45, 2.75) is 29.6 Å². The van der Waals surface area contributed by atoms with Gasteiger partial charge in [-0.3, -0.25) is 4.79 Å². The van der Waals surface area contributed by atoms with Crippen LogP contribution in [0.25, 0.3) is 0 Å². The molecule has 0 saturated carbocycles. The Hall–Kier alpha value is -2.27. The summed E-state index contributed by atoms with van der Waals surface area (Å²) in [7, 11) is 0. The van der Waals surface area contributed by atoms with Gasteiger partial charge in [0.05, 0.1) is 17.7 Å². The predicted octanol–water partition coefficient (Wildman–Crippen LogP) is 4.25. The highest BCUT2D eigenvalue weighted by Crippen LogP contribution is 2.34. The summed E-state index contributed by atoms with van der Waals surface area (Å²) >= 11 is 1.43. The highest BCUT2D eigenvalue weighted by molar-refractivity contribution is 7.99. The first-order chi connectivity index (χ1) is 12.2. The number of benzene rings is 2. The van der Waals surface area contributed by atoms with Crippen molar-refractivity contribution < 1.29 is 14.3 Å². The Kier molecular flexibility index (Phi) is 5.76. The fourth-order valence-electron chi connectivity index (χ4n) is 2.87. The van der Waals surface area contributed by atoms with Gasteiger partial charge in [0.25, 0.3) is 5.91 Å². The van der Waals surface area contributed by atoms with Crippen LogP contribution in [0.1, 0.15) is 40.5 Å². The van der Waals surface area contributed by atoms with Crippen molar-refractivity contribution in [1.82, 2.24) is 4.90 Å². The van der Waals surface area contributed by atoms with Crippen molar-refractivity contribution in [1.29, 1.82) is 0 Å². The second-order valence-corrected chi connectivity index (χ2v) is 6.90. The SMILES string of the molecule is CCOC(=O)c1ccccc1Sc1ccccc1C(=O)N1CCCC1. The molecule has 0 bridgehead atoms. The molecule has 1 saturated heterocycles. The molecule has 25 heavy (non-hydrogen) atoms. The first-order valence-electron chi connectivity index (χ1n) is 8.53. The Morgan fingerprint density at radius 1 is 0.960 bits per heavy atom. The zero-order valence-corrected chi connectivity index (χ0v) is 15.1. The highest BCUT2D eigenvalue weighted by Gasteiger charge is 2.22. The number of hydrogen-bond donors (Lipinski definition) is 0. The normalized spacial score (nSPS) is 13.7. The molecule has 0 radical (unpaired) electrons. The zero-order valence-electron chi connectivity index (χ0n) is 14.2. The first kappa shape index (κ1) is 17.5. The number of carbonyl (C=O) groups is 2. The third-order valence-electron chi connectivity index (χ3n) is 4.11. The van der Waals surface area contributed by atoms with E-state index in [0.717, 1.165) is 35.7 Å². The van der Waals surface area contributed by atoms with Crippen molar-refractivity contribution in [2.75, 3.05) is 19.7 Å². The molecule has 130 valence electrons. The van der Waals surface area contributed by atoms with Crippen LogP contribution in [0.5, 0.6) is 0 Å². The van der Waals surface area contributed by atoms with Crippen LogP contribution < -0.4 is 0 Å². The minimum atomic E-state index is -0.339. The van der Waals surface area contributed by atoms with E-state index in [9.17, 15) is 9.59 Å². The summed E-state index contributed by atoms with van der Waals surface area (Å²) in [5.74, 6) is -0.275. The minimum Gasteiger partial charge on any atom is -0.462 e. The van der Waals surface area contributed by atoms with Gasteiger partial charge in [-0.05, 0) is 44.0 Å². The number of amides is 1. The highest BCUT2D eigenvalue weighted by atomic mass is 32.2. The fraction of sp³-hybridized carbons (Fsp3) is 0.300. The van der Waals surface area contributed by atoms with Gasteiger partial charge >= 0.3 is 5.97 Å². The molecular formula is C20H21NO3S. The maximum Gasteiger partial charge on any atom is 0.339 e. The molecule has 0 aromatic heterocycles. The second kappa shape index (κ2) is 8.21. The summed E-state index contributed by atoms with van der Waals surface area (Å²) in [6.45, 7) is 3.76. The van der Waals surface area contributed by atoms with E-state index in [1.165, 1.54) is 11.8 Å². The lowest BCUT2D eigenvalue weighted by molar-refractivity contribution is 0.0522. The third-order valence-corrected chi connectivity index (χ3v) is 5.26.